The van der Waals surface area contributed by atoms with Gasteiger partial charge in [-0.25, -0.2) is 0 Å². The molecule has 3 aromatic rings. The van der Waals surface area contributed by atoms with E-state index in [-0.39, 0.29) is 12.5 Å². The van der Waals surface area contributed by atoms with E-state index in [9.17, 15) is 9.90 Å². The molecule has 0 radical (unpaired) electrons. The van der Waals surface area contributed by atoms with Gasteiger partial charge in [0.2, 0.25) is 5.91 Å². The highest BCUT2D eigenvalue weighted by molar-refractivity contribution is 7.10. The molecule has 0 saturated heterocycles. The molecule has 2 aromatic heterocycles. The smallest absolute Gasteiger partial charge is 0.220 e. The van der Waals surface area contributed by atoms with E-state index in [2.05, 4.69) is 5.32 Å². The first kappa shape index (κ1) is 17.7. The van der Waals surface area contributed by atoms with Crippen molar-refractivity contribution in [3.05, 3.63) is 81.4 Å². The van der Waals surface area contributed by atoms with Crippen LogP contribution >= 0.6 is 22.9 Å². The van der Waals surface area contributed by atoms with E-state index in [1.54, 1.807) is 18.2 Å². The third kappa shape index (κ3) is 4.31. The molecule has 4 nitrogen and oxygen atoms in total. The number of hydrogen-bond acceptors (Lipinski definition) is 4. The lowest BCUT2D eigenvalue weighted by Gasteiger charge is -2.25. The van der Waals surface area contributed by atoms with Crippen molar-refractivity contribution in [1.29, 1.82) is 0 Å². The van der Waals surface area contributed by atoms with Crippen molar-refractivity contribution in [2.45, 2.75) is 18.4 Å². The van der Waals surface area contributed by atoms with Gasteiger partial charge in [0.15, 0.2) is 5.60 Å². The molecule has 0 saturated carbocycles. The molecule has 0 aliphatic heterocycles. The van der Waals surface area contributed by atoms with Crippen LogP contribution in [-0.2, 0) is 16.8 Å². The van der Waals surface area contributed by atoms with E-state index in [1.807, 2.05) is 35.7 Å². The number of rotatable bonds is 7. The van der Waals surface area contributed by atoms with Gasteiger partial charge < -0.3 is 14.8 Å². The maximum absolute atomic E-state index is 12.2. The van der Waals surface area contributed by atoms with Crippen LogP contribution in [-0.4, -0.2) is 17.6 Å². The highest BCUT2D eigenvalue weighted by atomic mass is 35.5. The Bertz CT molecular complexity index is 781. The van der Waals surface area contributed by atoms with E-state index in [0.29, 0.717) is 23.6 Å². The van der Waals surface area contributed by atoms with Gasteiger partial charge in [0.05, 0.1) is 12.8 Å². The van der Waals surface area contributed by atoms with Crippen molar-refractivity contribution in [2.24, 2.45) is 0 Å². The first-order valence-electron chi connectivity index (χ1n) is 7.89. The third-order valence-corrected chi connectivity index (χ3v) is 5.18. The van der Waals surface area contributed by atoms with Crippen LogP contribution in [0.4, 0.5) is 0 Å². The molecule has 0 bridgehead atoms. The zero-order valence-electron chi connectivity index (χ0n) is 13.4. The Kier molecular flexibility index (Phi) is 5.58. The van der Waals surface area contributed by atoms with Crippen LogP contribution in [0.1, 0.15) is 22.6 Å². The van der Waals surface area contributed by atoms with Gasteiger partial charge in [0, 0.05) is 16.3 Å². The summed E-state index contributed by atoms with van der Waals surface area (Å²) in [6.07, 6.45) is 2.42. The predicted molar refractivity (Wildman–Crippen MR) is 98.8 cm³/mol. The molecule has 2 heterocycles. The monoisotopic (exact) mass is 375 g/mol. The molecule has 1 unspecified atom stereocenters. The van der Waals surface area contributed by atoms with Crippen LogP contribution in [0, 0.1) is 0 Å². The largest absolute Gasteiger partial charge is 0.466 e. The van der Waals surface area contributed by atoms with Gasteiger partial charge in [-0.2, -0.15) is 0 Å². The minimum absolute atomic E-state index is 0.0510. The van der Waals surface area contributed by atoms with Crippen molar-refractivity contribution >= 4 is 28.8 Å². The molecule has 0 spiro atoms. The van der Waals surface area contributed by atoms with Gasteiger partial charge in [-0.1, -0.05) is 29.8 Å². The number of furan rings is 1. The fourth-order valence-corrected chi connectivity index (χ4v) is 3.63. The Morgan fingerprint density at radius 3 is 2.80 bits per heavy atom. The molecule has 1 atom stereocenters. The third-order valence-electron chi connectivity index (χ3n) is 3.93. The number of aliphatic hydroxyl groups is 1. The molecule has 1 aromatic carbocycles. The second-order valence-electron chi connectivity index (χ2n) is 5.72. The van der Waals surface area contributed by atoms with E-state index >= 15 is 0 Å². The number of thiophene rings is 1. The maximum atomic E-state index is 12.2. The Morgan fingerprint density at radius 2 is 2.12 bits per heavy atom. The lowest BCUT2D eigenvalue weighted by atomic mass is 9.98. The highest BCUT2D eigenvalue weighted by Gasteiger charge is 2.36. The minimum Gasteiger partial charge on any atom is -0.466 e. The lowest BCUT2D eigenvalue weighted by molar-refractivity contribution is -0.122. The second kappa shape index (κ2) is 7.87. The van der Waals surface area contributed by atoms with Crippen molar-refractivity contribution in [3.8, 4) is 0 Å². The molecule has 0 aliphatic rings. The first-order valence-corrected chi connectivity index (χ1v) is 9.15. The predicted octanol–water partition coefficient (Wildman–Crippen LogP) is 3.98. The number of hydrogen-bond donors (Lipinski definition) is 2. The second-order valence-corrected chi connectivity index (χ2v) is 7.11. The fraction of sp³-hybridized carbons (Fsp3) is 0.211. The molecule has 1 amide bonds. The normalized spacial score (nSPS) is 13.4. The van der Waals surface area contributed by atoms with Crippen LogP contribution in [0.5, 0.6) is 0 Å². The Morgan fingerprint density at radius 1 is 1.24 bits per heavy atom. The quantitative estimate of drug-likeness (QED) is 0.656. The molecule has 25 heavy (non-hydrogen) atoms. The molecular weight excluding hydrogens is 358 g/mol. The Labute approximate surface area is 155 Å². The van der Waals surface area contributed by atoms with Crippen LogP contribution in [0.25, 0.3) is 0 Å². The molecule has 3 rings (SSSR count). The number of carbonyl (C=O) groups is 1. The van der Waals surface area contributed by atoms with Gasteiger partial charge in [0.25, 0.3) is 0 Å². The van der Waals surface area contributed by atoms with Gasteiger partial charge in [-0.05, 0) is 47.7 Å². The van der Waals surface area contributed by atoms with Crippen molar-refractivity contribution in [1.82, 2.24) is 5.32 Å². The van der Waals surface area contributed by atoms with Crippen molar-refractivity contribution < 1.29 is 14.3 Å². The van der Waals surface area contributed by atoms with E-state index in [0.717, 1.165) is 10.4 Å². The van der Waals surface area contributed by atoms with E-state index < -0.39 is 5.60 Å². The molecule has 2 N–H and O–H groups in total. The number of aryl methyl sites for hydroxylation is 1. The summed E-state index contributed by atoms with van der Waals surface area (Å²) in [4.78, 5) is 12.9. The van der Waals surface area contributed by atoms with Gasteiger partial charge in [-0.3, -0.25) is 4.79 Å². The zero-order valence-corrected chi connectivity index (χ0v) is 15.0. The van der Waals surface area contributed by atoms with E-state index in [4.69, 9.17) is 16.0 Å². The number of carbonyl (C=O) groups excluding carboxylic acids is 1. The van der Waals surface area contributed by atoms with Gasteiger partial charge in [-0.15, -0.1) is 11.3 Å². The van der Waals surface area contributed by atoms with Gasteiger partial charge >= 0.3 is 0 Å². The summed E-state index contributed by atoms with van der Waals surface area (Å²) in [6.45, 7) is 0.0510. The molecule has 6 heteroatoms. The summed E-state index contributed by atoms with van der Waals surface area (Å²) in [5.41, 5.74) is -0.370. The lowest BCUT2D eigenvalue weighted by Crippen LogP contribution is -2.41. The molecule has 0 aliphatic carbocycles. The number of benzene rings is 1. The average Bonchev–Trinajstić information content (AvgIpc) is 3.32. The average molecular weight is 376 g/mol. The summed E-state index contributed by atoms with van der Waals surface area (Å²) in [7, 11) is 0. The van der Waals surface area contributed by atoms with Crippen molar-refractivity contribution in [3.63, 3.8) is 0 Å². The number of halogens is 1. The SMILES string of the molecule is O=C(CCc1cccc(Cl)c1)NCC(O)(c1ccco1)c1cccs1. The van der Waals surface area contributed by atoms with Crippen molar-refractivity contribution in [2.75, 3.05) is 6.54 Å². The summed E-state index contributed by atoms with van der Waals surface area (Å²) < 4.78 is 5.39. The molecule has 0 fully saturated rings. The Hall–Kier alpha value is -2.08. The summed E-state index contributed by atoms with van der Waals surface area (Å²) >= 11 is 7.37. The van der Waals surface area contributed by atoms with Crippen LogP contribution < -0.4 is 5.32 Å². The zero-order chi connectivity index (χ0) is 17.7. The van der Waals surface area contributed by atoms with Crippen LogP contribution in [0.2, 0.25) is 5.02 Å². The highest BCUT2D eigenvalue weighted by Crippen LogP contribution is 2.32. The Balaban J connectivity index is 1.63. The number of nitrogens with one attached hydrogen (secondary N) is 1. The first-order chi connectivity index (χ1) is 12.1. The minimum atomic E-state index is -1.37. The maximum Gasteiger partial charge on any atom is 0.220 e. The molecule has 130 valence electrons. The summed E-state index contributed by atoms with van der Waals surface area (Å²) in [5.74, 6) is 0.270. The van der Waals surface area contributed by atoms with E-state index in [1.165, 1.54) is 17.6 Å². The standard InChI is InChI=1S/C19H18ClNO3S/c20-15-5-1-4-14(12-15)8-9-18(22)21-13-19(23,16-6-2-10-24-16)17-7-3-11-25-17/h1-7,10-12,23H,8-9,13H2,(H,21,22). The number of amides is 1. The van der Waals surface area contributed by atoms with Crippen LogP contribution in [0.3, 0.4) is 0 Å². The molecular formula is C19H18ClNO3S. The fourth-order valence-electron chi connectivity index (χ4n) is 2.59. The summed E-state index contributed by atoms with van der Waals surface area (Å²) in [5, 5.41) is 16.4. The van der Waals surface area contributed by atoms with Crippen LogP contribution in [0.15, 0.2) is 64.6 Å². The van der Waals surface area contributed by atoms with Gasteiger partial charge in [0.1, 0.15) is 5.76 Å². The summed E-state index contributed by atoms with van der Waals surface area (Å²) in [6, 6.07) is 14.5. The topological polar surface area (TPSA) is 62.5 Å².